The fourth-order valence-corrected chi connectivity index (χ4v) is 4.23. The van der Waals surface area contributed by atoms with Crippen LogP contribution in [0.4, 0.5) is 0 Å². The number of thioether (sulfide) groups is 1. The molecule has 0 aliphatic heterocycles. The Bertz CT molecular complexity index is 1240. The lowest BCUT2D eigenvalue weighted by Gasteiger charge is -2.10. The molecule has 0 saturated heterocycles. The van der Waals surface area contributed by atoms with Crippen molar-refractivity contribution in [3.8, 4) is 6.07 Å². The maximum absolute atomic E-state index is 12.9. The van der Waals surface area contributed by atoms with E-state index in [0.717, 1.165) is 33.1 Å². The second kappa shape index (κ2) is 8.85. The molecule has 0 fully saturated rings. The summed E-state index contributed by atoms with van der Waals surface area (Å²) in [6, 6.07) is 25.2. The number of para-hydroxylation sites is 2. The van der Waals surface area contributed by atoms with Crippen molar-refractivity contribution >= 4 is 28.7 Å². The molecule has 1 amide bonds. The van der Waals surface area contributed by atoms with Crippen molar-refractivity contribution in [3.05, 3.63) is 95.3 Å². The number of carbonyl (C=O) groups excluding carboxylic acids is 1. The van der Waals surface area contributed by atoms with E-state index in [1.54, 1.807) is 11.8 Å². The highest BCUT2D eigenvalue weighted by Gasteiger charge is 2.13. The third kappa shape index (κ3) is 4.22. The zero-order valence-corrected chi connectivity index (χ0v) is 17.3. The summed E-state index contributed by atoms with van der Waals surface area (Å²) in [4.78, 5) is 18.4. The fraction of sp³-hybridized carbons (Fsp3) is 0.125. The highest BCUT2D eigenvalue weighted by Crippen LogP contribution is 2.26. The Hall–Kier alpha value is -3.56. The Morgan fingerprint density at radius 3 is 2.57 bits per heavy atom. The van der Waals surface area contributed by atoms with Crippen molar-refractivity contribution in [2.45, 2.75) is 17.2 Å². The monoisotopic (exact) mass is 412 g/mol. The number of hydrogen-bond donors (Lipinski definition) is 1. The van der Waals surface area contributed by atoms with Crippen LogP contribution in [-0.2, 0) is 19.3 Å². The van der Waals surface area contributed by atoms with Gasteiger partial charge in [0.05, 0.1) is 34.8 Å². The SMILES string of the molecule is Cn1c(CNC(=O)c2ccccc2SCc2ccc(C#N)cc2)nc2ccccc21. The zero-order valence-electron chi connectivity index (χ0n) is 16.5. The van der Waals surface area contributed by atoms with Gasteiger partial charge in [0, 0.05) is 17.7 Å². The van der Waals surface area contributed by atoms with Gasteiger partial charge in [0.2, 0.25) is 0 Å². The summed E-state index contributed by atoms with van der Waals surface area (Å²) < 4.78 is 2.00. The highest BCUT2D eigenvalue weighted by atomic mass is 32.2. The Kier molecular flexibility index (Phi) is 5.82. The first-order chi connectivity index (χ1) is 14.7. The molecule has 0 aliphatic carbocycles. The van der Waals surface area contributed by atoms with Crippen LogP contribution in [0.3, 0.4) is 0 Å². The molecule has 4 rings (SSSR count). The number of aryl methyl sites for hydroxylation is 1. The van der Waals surface area contributed by atoms with E-state index in [1.165, 1.54) is 0 Å². The van der Waals surface area contributed by atoms with Gasteiger partial charge >= 0.3 is 0 Å². The zero-order chi connectivity index (χ0) is 20.9. The normalized spacial score (nSPS) is 10.7. The minimum atomic E-state index is -0.120. The van der Waals surface area contributed by atoms with Crippen LogP contribution in [0.25, 0.3) is 11.0 Å². The third-order valence-electron chi connectivity index (χ3n) is 4.90. The molecule has 6 heteroatoms. The second-order valence-electron chi connectivity index (χ2n) is 6.85. The van der Waals surface area contributed by atoms with E-state index in [0.29, 0.717) is 17.7 Å². The summed E-state index contributed by atoms with van der Waals surface area (Å²) in [6.45, 7) is 0.360. The Morgan fingerprint density at radius 1 is 1.07 bits per heavy atom. The van der Waals surface area contributed by atoms with Gasteiger partial charge in [-0.1, -0.05) is 36.4 Å². The number of carbonyl (C=O) groups is 1. The van der Waals surface area contributed by atoms with E-state index in [4.69, 9.17) is 5.26 Å². The number of amides is 1. The number of aromatic nitrogens is 2. The molecular formula is C24H20N4OS. The van der Waals surface area contributed by atoms with Crippen molar-refractivity contribution in [2.24, 2.45) is 7.05 Å². The first-order valence-electron chi connectivity index (χ1n) is 9.55. The van der Waals surface area contributed by atoms with Crippen LogP contribution in [0.15, 0.2) is 77.7 Å². The Morgan fingerprint density at radius 2 is 1.80 bits per heavy atom. The van der Waals surface area contributed by atoms with E-state index < -0.39 is 0 Å². The van der Waals surface area contributed by atoms with Crippen LogP contribution in [0.1, 0.15) is 27.3 Å². The molecule has 148 valence electrons. The molecular weight excluding hydrogens is 392 g/mol. The van der Waals surface area contributed by atoms with Gasteiger partial charge in [-0.25, -0.2) is 4.98 Å². The summed E-state index contributed by atoms with van der Waals surface area (Å²) in [5, 5.41) is 11.9. The molecule has 4 aromatic rings. The minimum absolute atomic E-state index is 0.120. The van der Waals surface area contributed by atoms with Gasteiger partial charge in [-0.15, -0.1) is 11.8 Å². The predicted molar refractivity (Wildman–Crippen MR) is 119 cm³/mol. The molecule has 1 heterocycles. The van der Waals surface area contributed by atoms with Gasteiger partial charge in [-0.2, -0.15) is 5.26 Å². The van der Waals surface area contributed by atoms with Gasteiger partial charge in [0.15, 0.2) is 0 Å². The minimum Gasteiger partial charge on any atom is -0.345 e. The first-order valence-corrected chi connectivity index (χ1v) is 10.5. The predicted octanol–water partition coefficient (Wildman–Crippen LogP) is 4.67. The second-order valence-corrected chi connectivity index (χ2v) is 7.87. The maximum Gasteiger partial charge on any atom is 0.252 e. The quantitative estimate of drug-likeness (QED) is 0.467. The van der Waals surface area contributed by atoms with Crippen molar-refractivity contribution in [3.63, 3.8) is 0 Å². The van der Waals surface area contributed by atoms with Crippen LogP contribution < -0.4 is 5.32 Å². The summed E-state index contributed by atoms with van der Waals surface area (Å²) >= 11 is 1.61. The third-order valence-corrected chi connectivity index (χ3v) is 6.04. The van der Waals surface area contributed by atoms with E-state index in [9.17, 15) is 4.79 Å². The number of rotatable bonds is 6. The standard InChI is InChI=1S/C24H20N4OS/c1-28-21-8-4-3-7-20(21)27-23(28)15-26-24(29)19-6-2-5-9-22(19)30-16-18-12-10-17(14-25)11-13-18/h2-13H,15-16H2,1H3,(H,26,29). The van der Waals surface area contributed by atoms with Gasteiger partial charge in [0.25, 0.3) is 5.91 Å². The number of fused-ring (bicyclic) bond motifs is 1. The van der Waals surface area contributed by atoms with Crippen molar-refractivity contribution in [1.29, 1.82) is 5.26 Å². The van der Waals surface area contributed by atoms with Crippen molar-refractivity contribution in [1.82, 2.24) is 14.9 Å². The number of nitriles is 1. The van der Waals surface area contributed by atoms with E-state index >= 15 is 0 Å². The van der Waals surface area contributed by atoms with Crippen LogP contribution in [0, 0.1) is 11.3 Å². The summed E-state index contributed by atoms with van der Waals surface area (Å²) in [5.74, 6) is 1.41. The molecule has 0 spiro atoms. The number of nitrogens with one attached hydrogen (secondary N) is 1. The van der Waals surface area contributed by atoms with Gasteiger partial charge in [0.1, 0.15) is 5.82 Å². The average molecular weight is 413 g/mol. The maximum atomic E-state index is 12.9. The molecule has 0 bridgehead atoms. The molecule has 5 nitrogen and oxygen atoms in total. The van der Waals surface area contributed by atoms with E-state index in [1.807, 2.05) is 84.4 Å². The van der Waals surface area contributed by atoms with Crippen molar-refractivity contribution in [2.75, 3.05) is 0 Å². The largest absolute Gasteiger partial charge is 0.345 e. The lowest BCUT2D eigenvalue weighted by Crippen LogP contribution is -2.24. The number of hydrogen-bond acceptors (Lipinski definition) is 4. The molecule has 0 atom stereocenters. The van der Waals surface area contributed by atoms with Gasteiger partial charge < -0.3 is 9.88 Å². The molecule has 0 aliphatic rings. The smallest absolute Gasteiger partial charge is 0.252 e. The lowest BCUT2D eigenvalue weighted by atomic mass is 10.2. The van der Waals surface area contributed by atoms with Crippen LogP contribution in [0.2, 0.25) is 0 Å². The molecule has 1 N–H and O–H groups in total. The van der Waals surface area contributed by atoms with Crippen LogP contribution in [-0.4, -0.2) is 15.5 Å². The first kappa shape index (κ1) is 19.7. The van der Waals surface area contributed by atoms with E-state index in [2.05, 4.69) is 16.4 Å². The summed E-state index contributed by atoms with van der Waals surface area (Å²) in [6.07, 6.45) is 0. The van der Waals surface area contributed by atoms with Crippen molar-refractivity contribution < 1.29 is 4.79 Å². The van der Waals surface area contributed by atoms with Crippen LogP contribution in [0.5, 0.6) is 0 Å². The van der Waals surface area contributed by atoms with Gasteiger partial charge in [-0.3, -0.25) is 4.79 Å². The number of benzene rings is 3. The number of nitrogens with zero attached hydrogens (tertiary/aromatic N) is 3. The molecule has 30 heavy (non-hydrogen) atoms. The Balaban J connectivity index is 1.45. The molecule has 3 aromatic carbocycles. The molecule has 0 saturated carbocycles. The number of imidazole rings is 1. The van der Waals surface area contributed by atoms with Gasteiger partial charge in [-0.05, 0) is 42.0 Å². The summed E-state index contributed by atoms with van der Waals surface area (Å²) in [7, 11) is 1.96. The topological polar surface area (TPSA) is 70.7 Å². The summed E-state index contributed by atoms with van der Waals surface area (Å²) in [5.41, 5.74) is 4.36. The molecule has 1 aromatic heterocycles. The Labute approximate surface area is 179 Å². The molecule has 0 radical (unpaired) electrons. The van der Waals surface area contributed by atoms with Crippen LogP contribution >= 0.6 is 11.8 Å². The highest BCUT2D eigenvalue weighted by molar-refractivity contribution is 7.98. The average Bonchev–Trinajstić information content (AvgIpc) is 3.12. The fourth-order valence-electron chi connectivity index (χ4n) is 3.22. The molecule has 0 unspecified atom stereocenters. The van der Waals surface area contributed by atoms with E-state index in [-0.39, 0.29) is 5.91 Å². The lowest BCUT2D eigenvalue weighted by molar-refractivity contribution is 0.0946.